The first-order valence-corrected chi connectivity index (χ1v) is 6.20. The molecule has 0 unspecified atom stereocenters. The fraction of sp³-hybridized carbons (Fsp3) is 0. The molecule has 0 atom stereocenters. The lowest BCUT2D eigenvalue weighted by Gasteiger charge is -2.08. The van der Waals surface area contributed by atoms with E-state index in [0.29, 0.717) is 11.4 Å². The van der Waals surface area contributed by atoms with Gasteiger partial charge in [0.2, 0.25) is 0 Å². The van der Waals surface area contributed by atoms with Gasteiger partial charge in [-0.1, -0.05) is 24.3 Å². The molecule has 1 amide bonds. The van der Waals surface area contributed by atoms with E-state index in [1.165, 1.54) is 0 Å². The van der Waals surface area contributed by atoms with Crippen molar-refractivity contribution >= 4 is 22.7 Å². The van der Waals surface area contributed by atoms with E-state index in [2.05, 4.69) is 10.3 Å². The molecule has 1 heterocycles. The van der Waals surface area contributed by atoms with Crippen molar-refractivity contribution in [2.24, 2.45) is 0 Å². The molecule has 3 aromatic rings. The number of anilines is 1. The predicted octanol–water partition coefficient (Wildman–Crippen LogP) is 3.85. The molecule has 1 aromatic heterocycles. The number of nitrogens with one attached hydrogen (secondary N) is 1. The van der Waals surface area contributed by atoms with E-state index in [4.69, 9.17) is 4.74 Å². The number of hydrogen-bond donors (Lipinski definition) is 1. The average molecular weight is 264 g/mol. The molecule has 3 rings (SSSR count). The molecule has 0 aliphatic carbocycles. The van der Waals surface area contributed by atoms with E-state index in [9.17, 15) is 4.79 Å². The standard InChI is InChI=1S/C16H12N2O2/c19-16(20-12-6-2-1-3-7-12)18-15-10-4-9-14-13(15)8-5-11-17-14/h1-11H,(H,18,19). The number of carbonyl (C=O) groups excluding carboxylic acids is 1. The van der Waals surface area contributed by atoms with Gasteiger partial charge in [-0.05, 0) is 36.4 Å². The van der Waals surface area contributed by atoms with Crippen molar-refractivity contribution in [3.8, 4) is 5.75 Å². The quantitative estimate of drug-likeness (QED) is 0.765. The van der Waals surface area contributed by atoms with Gasteiger partial charge in [0.25, 0.3) is 0 Å². The molecule has 4 nitrogen and oxygen atoms in total. The van der Waals surface area contributed by atoms with Crippen LogP contribution in [0.25, 0.3) is 10.9 Å². The minimum atomic E-state index is -0.521. The lowest BCUT2D eigenvalue weighted by molar-refractivity contribution is 0.215. The second kappa shape index (κ2) is 5.40. The van der Waals surface area contributed by atoms with Gasteiger partial charge < -0.3 is 4.74 Å². The Morgan fingerprint density at radius 2 is 1.80 bits per heavy atom. The minimum absolute atomic E-state index is 0.503. The highest BCUT2D eigenvalue weighted by molar-refractivity contribution is 5.99. The fourth-order valence-electron chi connectivity index (χ4n) is 1.94. The SMILES string of the molecule is O=C(Nc1cccc2ncccc12)Oc1ccccc1. The van der Waals surface area contributed by atoms with Crippen molar-refractivity contribution in [1.82, 2.24) is 4.98 Å². The molecule has 4 heteroatoms. The average Bonchev–Trinajstić information content (AvgIpc) is 2.48. The molecular formula is C16H12N2O2. The normalized spacial score (nSPS) is 10.2. The zero-order valence-electron chi connectivity index (χ0n) is 10.6. The summed E-state index contributed by atoms with van der Waals surface area (Å²) in [7, 11) is 0. The topological polar surface area (TPSA) is 51.2 Å². The van der Waals surface area contributed by atoms with Gasteiger partial charge in [-0.15, -0.1) is 0 Å². The number of aromatic nitrogens is 1. The predicted molar refractivity (Wildman–Crippen MR) is 77.8 cm³/mol. The Bertz CT molecular complexity index is 736. The Hall–Kier alpha value is -2.88. The highest BCUT2D eigenvalue weighted by atomic mass is 16.6. The maximum atomic E-state index is 11.9. The Balaban J connectivity index is 1.81. The van der Waals surface area contributed by atoms with Crippen LogP contribution in [0.5, 0.6) is 5.75 Å². The maximum Gasteiger partial charge on any atom is 0.417 e. The first-order chi connectivity index (χ1) is 9.83. The number of pyridine rings is 1. The molecular weight excluding hydrogens is 252 g/mol. The number of fused-ring (bicyclic) bond motifs is 1. The minimum Gasteiger partial charge on any atom is -0.410 e. The van der Waals surface area contributed by atoms with Crippen molar-refractivity contribution in [1.29, 1.82) is 0 Å². The van der Waals surface area contributed by atoms with Crippen molar-refractivity contribution < 1.29 is 9.53 Å². The Morgan fingerprint density at radius 3 is 2.65 bits per heavy atom. The van der Waals surface area contributed by atoms with E-state index in [1.54, 1.807) is 18.3 Å². The van der Waals surface area contributed by atoms with E-state index in [1.807, 2.05) is 48.5 Å². The van der Waals surface area contributed by atoms with Crippen LogP contribution in [0.4, 0.5) is 10.5 Å². The third-order valence-electron chi connectivity index (χ3n) is 2.84. The van der Waals surface area contributed by atoms with Gasteiger partial charge in [0.05, 0.1) is 11.2 Å². The summed E-state index contributed by atoms with van der Waals surface area (Å²) >= 11 is 0. The van der Waals surface area contributed by atoms with E-state index in [-0.39, 0.29) is 0 Å². The zero-order valence-corrected chi connectivity index (χ0v) is 10.6. The molecule has 0 fully saturated rings. The van der Waals surface area contributed by atoms with Gasteiger partial charge in [0.15, 0.2) is 0 Å². The van der Waals surface area contributed by atoms with Crippen molar-refractivity contribution in [3.05, 3.63) is 66.9 Å². The van der Waals surface area contributed by atoms with Crippen molar-refractivity contribution in [3.63, 3.8) is 0 Å². The third-order valence-corrected chi connectivity index (χ3v) is 2.84. The summed E-state index contributed by atoms with van der Waals surface area (Å²) in [5.41, 5.74) is 1.50. The van der Waals surface area contributed by atoms with Crippen LogP contribution in [-0.2, 0) is 0 Å². The highest BCUT2D eigenvalue weighted by Crippen LogP contribution is 2.21. The summed E-state index contributed by atoms with van der Waals surface area (Å²) in [6, 6.07) is 18.2. The maximum absolute atomic E-state index is 11.9. The molecule has 0 aliphatic heterocycles. The molecule has 0 saturated carbocycles. The first kappa shape index (κ1) is 12.2. The monoisotopic (exact) mass is 264 g/mol. The van der Waals surface area contributed by atoms with E-state index in [0.717, 1.165) is 10.9 Å². The van der Waals surface area contributed by atoms with Crippen LogP contribution in [-0.4, -0.2) is 11.1 Å². The molecule has 0 radical (unpaired) electrons. The number of nitrogens with zero attached hydrogens (tertiary/aromatic N) is 1. The smallest absolute Gasteiger partial charge is 0.410 e. The molecule has 0 bridgehead atoms. The van der Waals surface area contributed by atoms with E-state index < -0.39 is 6.09 Å². The summed E-state index contributed by atoms with van der Waals surface area (Å²) < 4.78 is 5.20. The summed E-state index contributed by atoms with van der Waals surface area (Å²) in [5.74, 6) is 0.503. The fourth-order valence-corrected chi connectivity index (χ4v) is 1.94. The first-order valence-electron chi connectivity index (χ1n) is 6.20. The third kappa shape index (κ3) is 2.59. The van der Waals surface area contributed by atoms with Crippen LogP contribution in [0.3, 0.4) is 0 Å². The molecule has 2 aromatic carbocycles. The zero-order chi connectivity index (χ0) is 13.8. The second-order valence-electron chi connectivity index (χ2n) is 4.20. The van der Waals surface area contributed by atoms with Gasteiger partial charge in [-0.2, -0.15) is 0 Å². The number of rotatable bonds is 2. The van der Waals surface area contributed by atoms with Crippen LogP contribution in [0.15, 0.2) is 66.9 Å². The molecule has 0 spiro atoms. The lowest BCUT2D eigenvalue weighted by atomic mass is 10.2. The summed E-state index contributed by atoms with van der Waals surface area (Å²) in [6.07, 6.45) is 1.20. The van der Waals surface area contributed by atoms with Gasteiger partial charge in [0.1, 0.15) is 5.75 Å². The second-order valence-corrected chi connectivity index (χ2v) is 4.20. The highest BCUT2D eigenvalue weighted by Gasteiger charge is 2.07. The number of hydrogen-bond acceptors (Lipinski definition) is 3. The largest absolute Gasteiger partial charge is 0.417 e. The van der Waals surface area contributed by atoms with Gasteiger partial charge in [-0.25, -0.2) is 4.79 Å². The molecule has 0 aliphatic rings. The van der Waals surface area contributed by atoms with Crippen LogP contribution >= 0.6 is 0 Å². The van der Waals surface area contributed by atoms with Gasteiger partial charge >= 0.3 is 6.09 Å². The summed E-state index contributed by atoms with van der Waals surface area (Å²) in [6.45, 7) is 0. The number of benzene rings is 2. The Kier molecular flexibility index (Phi) is 3.29. The Labute approximate surface area is 116 Å². The molecule has 20 heavy (non-hydrogen) atoms. The number of amides is 1. The van der Waals surface area contributed by atoms with Gasteiger partial charge in [0, 0.05) is 11.6 Å². The number of carbonyl (C=O) groups is 1. The Morgan fingerprint density at radius 1 is 0.950 bits per heavy atom. The van der Waals surface area contributed by atoms with Crippen LogP contribution in [0.1, 0.15) is 0 Å². The van der Waals surface area contributed by atoms with Crippen LogP contribution in [0.2, 0.25) is 0 Å². The number of ether oxygens (including phenoxy) is 1. The van der Waals surface area contributed by atoms with Crippen molar-refractivity contribution in [2.45, 2.75) is 0 Å². The molecule has 1 N–H and O–H groups in total. The van der Waals surface area contributed by atoms with Crippen LogP contribution < -0.4 is 10.1 Å². The molecule has 0 saturated heterocycles. The van der Waals surface area contributed by atoms with Crippen LogP contribution in [0, 0.1) is 0 Å². The summed E-state index contributed by atoms with van der Waals surface area (Å²) in [4.78, 5) is 16.1. The lowest BCUT2D eigenvalue weighted by Crippen LogP contribution is -2.16. The summed E-state index contributed by atoms with van der Waals surface area (Å²) in [5, 5.41) is 3.61. The van der Waals surface area contributed by atoms with Crippen molar-refractivity contribution in [2.75, 3.05) is 5.32 Å². The van der Waals surface area contributed by atoms with E-state index >= 15 is 0 Å². The van der Waals surface area contributed by atoms with Gasteiger partial charge in [-0.3, -0.25) is 10.3 Å². The number of para-hydroxylation sites is 1. The molecule has 98 valence electrons.